The highest BCUT2D eigenvalue weighted by atomic mass is 16.5. The van der Waals surface area contributed by atoms with Crippen LogP contribution in [0, 0.1) is 5.41 Å². The molecule has 0 aliphatic carbocycles. The Labute approximate surface area is 96.4 Å². The van der Waals surface area contributed by atoms with Crippen LogP contribution in [0.3, 0.4) is 0 Å². The average molecular weight is 224 g/mol. The van der Waals surface area contributed by atoms with Gasteiger partial charge in [-0.25, -0.2) is 0 Å². The first-order valence-corrected chi connectivity index (χ1v) is 5.47. The maximum atomic E-state index is 11.4. The molecule has 1 aromatic heterocycles. The van der Waals surface area contributed by atoms with Crippen LogP contribution in [0.4, 0.5) is 0 Å². The fraction of sp³-hybridized carbons (Fsp3) is 0.583. The van der Waals surface area contributed by atoms with Gasteiger partial charge in [0.25, 0.3) is 0 Å². The van der Waals surface area contributed by atoms with Gasteiger partial charge in [0, 0.05) is 18.9 Å². The number of esters is 1. The molecule has 16 heavy (non-hydrogen) atoms. The van der Waals surface area contributed by atoms with Crippen LogP contribution in [-0.4, -0.2) is 31.2 Å². The molecule has 0 amide bonds. The van der Waals surface area contributed by atoms with Gasteiger partial charge in [0.15, 0.2) is 0 Å². The van der Waals surface area contributed by atoms with Crippen molar-refractivity contribution in [3.63, 3.8) is 0 Å². The summed E-state index contributed by atoms with van der Waals surface area (Å²) < 4.78 is 4.73. The summed E-state index contributed by atoms with van der Waals surface area (Å²) in [7, 11) is 1.42. The normalized spacial score (nSPS) is 11.4. The molecule has 0 aliphatic heterocycles. The molecule has 0 bridgehead atoms. The Balaban J connectivity index is 2.22. The van der Waals surface area contributed by atoms with Crippen molar-refractivity contribution in [2.75, 3.05) is 20.2 Å². The third-order valence-electron chi connectivity index (χ3n) is 2.56. The molecule has 4 heteroatoms. The van der Waals surface area contributed by atoms with Crippen molar-refractivity contribution in [2.45, 2.75) is 20.3 Å². The van der Waals surface area contributed by atoms with Crippen molar-refractivity contribution in [1.82, 2.24) is 10.3 Å². The van der Waals surface area contributed by atoms with E-state index in [9.17, 15) is 4.79 Å². The average Bonchev–Trinajstić information content (AvgIpc) is 2.76. The summed E-state index contributed by atoms with van der Waals surface area (Å²) in [4.78, 5) is 14.4. The molecule has 0 saturated carbocycles. The minimum atomic E-state index is -0.465. The quantitative estimate of drug-likeness (QED) is 0.566. The molecule has 1 heterocycles. The van der Waals surface area contributed by atoms with Crippen molar-refractivity contribution >= 4 is 5.97 Å². The number of aromatic nitrogens is 1. The van der Waals surface area contributed by atoms with Gasteiger partial charge in [0.1, 0.15) is 0 Å². The zero-order valence-corrected chi connectivity index (χ0v) is 10.2. The number of aromatic amines is 1. The summed E-state index contributed by atoms with van der Waals surface area (Å²) in [5, 5.41) is 3.26. The summed E-state index contributed by atoms with van der Waals surface area (Å²) in [5.74, 6) is -0.179. The van der Waals surface area contributed by atoms with Crippen LogP contribution in [-0.2, 0) is 16.0 Å². The Bertz CT molecular complexity index is 318. The lowest BCUT2D eigenvalue weighted by Crippen LogP contribution is -2.37. The highest BCUT2D eigenvalue weighted by molar-refractivity contribution is 5.76. The number of carbonyl (C=O) groups is 1. The molecule has 2 N–H and O–H groups in total. The molecule has 1 rings (SSSR count). The third kappa shape index (κ3) is 3.70. The van der Waals surface area contributed by atoms with Crippen LogP contribution >= 0.6 is 0 Å². The SMILES string of the molecule is COC(=O)C(C)(C)CNCCc1cc[nH]c1. The van der Waals surface area contributed by atoms with E-state index >= 15 is 0 Å². The van der Waals surface area contributed by atoms with Gasteiger partial charge in [-0.1, -0.05) is 0 Å². The van der Waals surface area contributed by atoms with Crippen LogP contribution in [0.2, 0.25) is 0 Å². The number of hydrogen-bond donors (Lipinski definition) is 2. The van der Waals surface area contributed by atoms with E-state index in [0.717, 1.165) is 13.0 Å². The third-order valence-corrected chi connectivity index (χ3v) is 2.56. The number of hydrogen-bond acceptors (Lipinski definition) is 3. The van der Waals surface area contributed by atoms with Gasteiger partial charge in [0.2, 0.25) is 0 Å². The Morgan fingerprint density at radius 1 is 1.56 bits per heavy atom. The highest BCUT2D eigenvalue weighted by Crippen LogP contribution is 2.15. The van der Waals surface area contributed by atoms with Gasteiger partial charge in [0.05, 0.1) is 12.5 Å². The minimum Gasteiger partial charge on any atom is -0.469 e. The van der Waals surface area contributed by atoms with E-state index in [-0.39, 0.29) is 5.97 Å². The van der Waals surface area contributed by atoms with E-state index in [2.05, 4.69) is 10.3 Å². The molecule has 4 nitrogen and oxygen atoms in total. The van der Waals surface area contributed by atoms with Gasteiger partial charge < -0.3 is 15.0 Å². The molecule has 90 valence electrons. The lowest BCUT2D eigenvalue weighted by Gasteiger charge is -2.21. The number of H-pyrrole nitrogens is 1. The molecule has 0 unspecified atom stereocenters. The zero-order chi connectivity index (χ0) is 12.0. The second-order valence-corrected chi connectivity index (χ2v) is 4.52. The highest BCUT2D eigenvalue weighted by Gasteiger charge is 2.27. The van der Waals surface area contributed by atoms with E-state index in [0.29, 0.717) is 6.54 Å². The maximum Gasteiger partial charge on any atom is 0.312 e. The van der Waals surface area contributed by atoms with Gasteiger partial charge in [-0.3, -0.25) is 4.79 Å². The van der Waals surface area contributed by atoms with Crippen LogP contribution in [0.15, 0.2) is 18.5 Å². The van der Waals surface area contributed by atoms with E-state index in [4.69, 9.17) is 4.74 Å². The summed E-state index contributed by atoms with van der Waals surface area (Å²) in [6.45, 7) is 5.24. The molecule has 0 fully saturated rings. The summed E-state index contributed by atoms with van der Waals surface area (Å²) in [6.07, 6.45) is 4.85. The van der Waals surface area contributed by atoms with Gasteiger partial charge in [-0.05, 0) is 38.4 Å². The van der Waals surface area contributed by atoms with Crippen LogP contribution in [0.5, 0.6) is 0 Å². The van der Waals surface area contributed by atoms with E-state index < -0.39 is 5.41 Å². The van der Waals surface area contributed by atoms with E-state index in [1.54, 1.807) is 0 Å². The standard InChI is InChI=1S/C12H20N2O2/c1-12(2,11(15)16-3)9-14-7-5-10-4-6-13-8-10/h4,6,8,13-14H,5,7,9H2,1-3H3. The fourth-order valence-electron chi connectivity index (χ4n) is 1.50. The molecule has 0 aliphatic rings. The Morgan fingerprint density at radius 3 is 2.88 bits per heavy atom. The molecular weight excluding hydrogens is 204 g/mol. The molecule has 0 radical (unpaired) electrons. The van der Waals surface area contributed by atoms with E-state index in [1.165, 1.54) is 12.7 Å². The Hall–Kier alpha value is -1.29. The summed E-state index contributed by atoms with van der Waals surface area (Å²) in [5.41, 5.74) is 0.802. The number of carbonyl (C=O) groups excluding carboxylic acids is 1. The number of ether oxygens (including phenoxy) is 1. The zero-order valence-electron chi connectivity index (χ0n) is 10.2. The maximum absolute atomic E-state index is 11.4. The molecule has 1 aromatic rings. The predicted molar refractivity (Wildman–Crippen MR) is 63.2 cm³/mol. The number of nitrogens with one attached hydrogen (secondary N) is 2. The van der Waals surface area contributed by atoms with Gasteiger partial charge in [-0.15, -0.1) is 0 Å². The Morgan fingerprint density at radius 2 is 2.31 bits per heavy atom. The number of rotatable bonds is 6. The van der Waals surface area contributed by atoms with Crippen molar-refractivity contribution in [1.29, 1.82) is 0 Å². The van der Waals surface area contributed by atoms with Crippen molar-refractivity contribution in [2.24, 2.45) is 5.41 Å². The summed E-state index contributed by atoms with van der Waals surface area (Å²) >= 11 is 0. The van der Waals surface area contributed by atoms with Crippen LogP contribution in [0.25, 0.3) is 0 Å². The van der Waals surface area contributed by atoms with Crippen molar-refractivity contribution in [3.05, 3.63) is 24.0 Å². The lowest BCUT2D eigenvalue weighted by molar-refractivity contribution is -0.150. The molecule has 0 atom stereocenters. The first-order chi connectivity index (χ1) is 7.56. The largest absolute Gasteiger partial charge is 0.469 e. The van der Waals surface area contributed by atoms with Crippen LogP contribution in [0.1, 0.15) is 19.4 Å². The molecule has 0 aromatic carbocycles. The topological polar surface area (TPSA) is 54.1 Å². The van der Waals surface area contributed by atoms with Crippen molar-refractivity contribution in [3.8, 4) is 0 Å². The smallest absolute Gasteiger partial charge is 0.312 e. The molecular formula is C12H20N2O2. The van der Waals surface area contributed by atoms with Gasteiger partial charge in [-0.2, -0.15) is 0 Å². The van der Waals surface area contributed by atoms with Crippen molar-refractivity contribution < 1.29 is 9.53 Å². The van der Waals surface area contributed by atoms with E-state index in [1.807, 2.05) is 32.3 Å². The monoisotopic (exact) mass is 224 g/mol. The van der Waals surface area contributed by atoms with Crippen LogP contribution < -0.4 is 5.32 Å². The molecule has 0 spiro atoms. The van der Waals surface area contributed by atoms with Gasteiger partial charge >= 0.3 is 5.97 Å². The fourth-order valence-corrected chi connectivity index (χ4v) is 1.50. The summed E-state index contributed by atoms with van der Waals surface area (Å²) in [6, 6.07) is 2.05. The molecule has 0 saturated heterocycles. The first kappa shape index (κ1) is 12.8. The predicted octanol–water partition coefficient (Wildman–Crippen LogP) is 1.35. The first-order valence-electron chi connectivity index (χ1n) is 5.47. The second kappa shape index (κ2) is 5.70. The number of methoxy groups -OCH3 is 1. The minimum absolute atomic E-state index is 0.179. The lowest BCUT2D eigenvalue weighted by atomic mass is 9.94. The Kier molecular flexibility index (Phi) is 4.55. The second-order valence-electron chi connectivity index (χ2n) is 4.52.